The lowest BCUT2D eigenvalue weighted by atomic mass is 9.92. The molecule has 0 aromatic heterocycles. The minimum Gasteiger partial charge on any atom is -0.490 e. The zero-order valence-electron chi connectivity index (χ0n) is 28.4. The van der Waals surface area contributed by atoms with Crippen LogP contribution in [0.3, 0.4) is 0 Å². The van der Waals surface area contributed by atoms with Crippen LogP contribution in [0.15, 0.2) is 54.1 Å². The maximum atomic E-state index is 14.5. The van der Waals surface area contributed by atoms with Gasteiger partial charge in [-0.25, -0.2) is 9.18 Å². The molecular weight excluding hydrogens is 760 g/mol. The minimum absolute atomic E-state index is 0.00807. The second-order valence-electron chi connectivity index (χ2n) is 12.4. The molecule has 0 bridgehead atoms. The molecule has 53 heavy (non-hydrogen) atoms. The minimum atomic E-state index is -0.567. The van der Waals surface area contributed by atoms with E-state index in [4.69, 9.17) is 68.9 Å². The maximum Gasteiger partial charge on any atom is 0.410 e. The van der Waals surface area contributed by atoms with Gasteiger partial charge in [-0.1, -0.05) is 46.9 Å². The number of unbranched alkanes of at least 4 members (excludes halogenated alkanes) is 1. The Labute approximate surface area is 319 Å². The Balaban J connectivity index is 1.17. The lowest BCUT2D eigenvalue weighted by molar-refractivity contribution is -0.492. The predicted octanol–water partition coefficient (Wildman–Crippen LogP) is 7.55. The van der Waals surface area contributed by atoms with Gasteiger partial charge in [0, 0.05) is 35.8 Å². The molecule has 2 N–H and O–H groups in total. The molecule has 13 nitrogen and oxygen atoms in total. The SMILES string of the molecule is O=C(OCCCCON(O)O)N1CCC(c2ccc(OCCOc3c(Cl)cc(F)cc3Cl)cc2)=C(C(=O)N(Cc2cc3c(cc2Cl)OCO3)C2CC2)C1. The summed E-state index contributed by atoms with van der Waals surface area (Å²) in [5.41, 5.74) is 2.78. The molecule has 2 amide bonds. The summed E-state index contributed by atoms with van der Waals surface area (Å²) in [6.45, 7) is 1.05. The third-order valence-electron chi connectivity index (χ3n) is 8.73. The largest absolute Gasteiger partial charge is 0.490 e. The number of hydrogen-bond acceptors (Lipinski definition) is 11. The number of hydrogen-bond donors (Lipinski definition) is 2. The highest BCUT2D eigenvalue weighted by atomic mass is 35.5. The van der Waals surface area contributed by atoms with Gasteiger partial charge < -0.3 is 33.5 Å². The fourth-order valence-electron chi connectivity index (χ4n) is 5.95. The number of amides is 2. The Hall–Kier alpha value is -4.02. The van der Waals surface area contributed by atoms with Crippen molar-refractivity contribution in [1.82, 2.24) is 15.2 Å². The molecule has 0 spiro atoms. The Kier molecular flexibility index (Phi) is 13.0. The molecule has 1 fully saturated rings. The Morgan fingerprint density at radius 1 is 0.887 bits per heavy atom. The van der Waals surface area contributed by atoms with E-state index in [0.29, 0.717) is 59.2 Å². The molecule has 0 saturated heterocycles. The molecule has 2 heterocycles. The van der Waals surface area contributed by atoms with Gasteiger partial charge in [0.2, 0.25) is 6.79 Å². The number of carbonyl (C=O) groups excluding carboxylic acids is 2. The average molecular weight is 797 g/mol. The molecule has 0 atom stereocenters. The van der Waals surface area contributed by atoms with Crippen LogP contribution < -0.4 is 18.9 Å². The van der Waals surface area contributed by atoms with Crippen LogP contribution in [0.2, 0.25) is 15.1 Å². The standard InChI is InChI=1S/C36H37Cl3FN3O10/c37-29-18-33-32(51-21-52-33)15-23(29)19-42(25-5-6-25)35(44)28-20-41(36(45)50-11-1-2-12-53-43(46)47)10-9-27(28)22-3-7-26(8-4-22)48-13-14-49-34-30(38)16-24(40)17-31(34)39/h3-4,7-8,15-18,25,46-47H,1-2,5-6,9-14,19-21H2. The molecule has 0 radical (unpaired) electrons. The van der Waals surface area contributed by atoms with E-state index in [1.165, 1.54) is 4.90 Å². The van der Waals surface area contributed by atoms with Gasteiger partial charge in [0.05, 0.1) is 35.2 Å². The number of benzene rings is 3. The summed E-state index contributed by atoms with van der Waals surface area (Å²) in [5.74, 6) is 1.05. The lowest BCUT2D eigenvalue weighted by Gasteiger charge is -2.33. The Bertz CT molecular complexity index is 1800. The first-order valence-electron chi connectivity index (χ1n) is 16.9. The summed E-state index contributed by atoms with van der Waals surface area (Å²) in [6.07, 6.45) is 2.36. The molecule has 0 unspecified atom stereocenters. The van der Waals surface area contributed by atoms with Gasteiger partial charge in [-0.3, -0.25) is 20.0 Å². The maximum absolute atomic E-state index is 14.5. The first-order valence-corrected chi connectivity index (χ1v) is 18.0. The fourth-order valence-corrected chi connectivity index (χ4v) is 6.73. The van der Waals surface area contributed by atoms with E-state index in [1.54, 1.807) is 29.2 Å². The quantitative estimate of drug-likeness (QED) is 0.110. The topological polar surface area (TPSA) is 140 Å². The average Bonchev–Trinajstić information content (AvgIpc) is 3.88. The molecule has 1 saturated carbocycles. The summed E-state index contributed by atoms with van der Waals surface area (Å²) in [6, 6.07) is 13.0. The molecule has 6 rings (SSSR count). The predicted molar refractivity (Wildman–Crippen MR) is 190 cm³/mol. The summed E-state index contributed by atoms with van der Waals surface area (Å²) in [7, 11) is 0. The van der Waals surface area contributed by atoms with Gasteiger partial charge in [0.1, 0.15) is 24.8 Å². The second-order valence-corrected chi connectivity index (χ2v) is 13.6. The Morgan fingerprint density at radius 2 is 1.57 bits per heavy atom. The first-order chi connectivity index (χ1) is 25.6. The summed E-state index contributed by atoms with van der Waals surface area (Å²) >= 11 is 18.7. The van der Waals surface area contributed by atoms with Crippen molar-refractivity contribution in [3.8, 4) is 23.0 Å². The van der Waals surface area contributed by atoms with Crippen molar-refractivity contribution in [2.24, 2.45) is 0 Å². The van der Waals surface area contributed by atoms with Crippen molar-refractivity contribution in [2.45, 2.75) is 44.7 Å². The van der Waals surface area contributed by atoms with Crippen LogP contribution >= 0.6 is 34.8 Å². The van der Waals surface area contributed by atoms with E-state index in [1.807, 2.05) is 12.1 Å². The van der Waals surface area contributed by atoms with Gasteiger partial charge in [-0.15, -0.1) is 0 Å². The van der Waals surface area contributed by atoms with Gasteiger partial charge in [-0.05, 0) is 79.1 Å². The van der Waals surface area contributed by atoms with Crippen LogP contribution in [-0.4, -0.2) is 90.0 Å². The van der Waals surface area contributed by atoms with E-state index >= 15 is 0 Å². The van der Waals surface area contributed by atoms with Crippen molar-refractivity contribution in [2.75, 3.05) is 46.3 Å². The van der Waals surface area contributed by atoms with Crippen LogP contribution in [0.4, 0.5) is 9.18 Å². The van der Waals surface area contributed by atoms with Crippen molar-refractivity contribution < 1.29 is 52.9 Å². The summed E-state index contributed by atoms with van der Waals surface area (Å²) < 4.78 is 41.4. The number of rotatable bonds is 16. The van der Waals surface area contributed by atoms with E-state index in [-0.39, 0.29) is 79.4 Å². The number of nitrogens with zero attached hydrogens (tertiary/aromatic N) is 3. The highest BCUT2D eigenvalue weighted by molar-refractivity contribution is 6.37. The zero-order chi connectivity index (χ0) is 37.5. The van der Waals surface area contributed by atoms with Gasteiger partial charge in [0.25, 0.3) is 5.91 Å². The Morgan fingerprint density at radius 3 is 2.26 bits per heavy atom. The number of fused-ring (bicyclic) bond motifs is 1. The monoisotopic (exact) mass is 795 g/mol. The van der Waals surface area contributed by atoms with Crippen molar-refractivity contribution in [3.05, 3.63) is 86.1 Å². The van der Waals surface area contributed by atoms with E-state index in [2.05, 4.69) is 4.84 Å². The fraction of sp³-hybridized carbons (Fsp3) is 0.389. The molecule has 284 valence electrons. The van der Waals surface area contributed by atoms with Gasteiger partial charge >= 0.3 is 6.09 Å². The number of carbonyl (C=O) groups is 2. The summed E-state index contributed by atoms with van der Waals surface area (Å²) in [4.78, 5) is 35.5. The zero-order valence-corrected chi connectivity index (χ0v) is 30.7. The third-order valence-corrected chi connectivity index (χ3v) is 9.64. The highest BCUT2D eigenvalue weighted by Crippen LogP contribution is 2.40. The van der Waals surface area contributed by atoms with Crippen molar-refractivity contribution in [3.63, 3.8) is 0 Å². The lowest BCUT2D eigenvalue weighted by Crippen LogP contribution is -2.43. The van der Waals surface area contributed by atoms with E-state index in [9.17, 15) is 14.0 Å². The first kappa shape index (κ1) is 38.7. The van der Waals surface area contributed by atoms with Crippen LogP contribution in [-0.2, 0) is 20.9 Å². The van der Waals surface area contributed by atoms with Gasteiger partial charge in [-0.2, -0.15) is 0 Å². The smallest absolute Gasteiger partial charge is 0.410 e. The second kappa shape index (κ2) is 17.9. The van der Waals surface area contributed by atoms with Crippen LogP contribution in [0.25, 0.3) is 5.57 Å². The van der Waals surface area contributed by atoms with Crippen molar-refractivity contribution in [1.29, 1.82) is 0 Å². The molecular formula is C36H37Cl3FN3O10. The molecule has 1 aliphatic carbocycles. The third kappa shape index (κ3) is 10.1. The van der Waals surface area contributed by atoms with Crippen molar-refractivity contribution >= 4 is 52.4 Å². The number of ether oxygens (including phenoxy) is 5. The molecule has 3 aromatic rings. The van der Waals surface area contributed by atoms with E-state index < -0.39 is 11.9 Å². The van der Waals surface area contributed by atoms with Crippen LogP contribution in [0.5, 0.6) is 23.0 Å². The van der Waals surface area contributed by atoms with Crippen LogP contribution in [0, 0.1) is 5.82 Å². The molecule has 3 aliphatic rings. The van der Waals surface area contributed by atoms with E-state index in [0.717, 1.165) is 36.1 Å². The normalized spacial score (nSPS) is 15.2. The summed E-state index contributed by atoms with van der Waals surface area (Å²) in [5, 5.41) is 17.5. The van der Waals surface area contributed by atoms with Gasteiger partial charge in [0.15, 0.2) is 17.2 Å². The molecule has 17 heteroatoms. The number of halogens is 4. The molecule has 2 aliphatic heterocycles. The molecule has 3 aromatic carbocycles. The highest BCUT2D eigenvalue weighted by Gasteiger charge is 2.38. The van der Waals surface area contributed by atoms with Crippen LogP contribution in [0.1, 0.15) is 43.2 Å².